The third-order valence-electron chi connectivity index (χ3n) is 1.09. The van der Waals surface area contributed by atoms with Crippen molar-refractivity contribution in [3.8, 4) is 0 Å². The summed E-state index contributed by atoms with van der Waals surface area (Å²) < 4.78 is 0. The fourth-order valence-corrected chi connectivity index (χ4v) is 0.725. The van der Waals surface area contributed by atoms with Crippen LogP contribution >= 0.6 is 0 Å². The molecule has 0 unspecified atom stereocenters. The standard InChI is InChI=1S/C8H9NO.Li.H/c1-7(10)9-8-5-3-2-4-6-8;;/h2-6H,1H3,(H,9,10);;/q;+1;-1. The molecule has 1 amide bonds. The first-order valence-corrected chi connectivity index (χ1v) is 3.11. The predicted octanol–water partition coefficient (Wildman–Crippen LogP) is -1.24. The second-order valence-electron chi connectivity index (χ2n) is 2.05. The van der Waals surface area contributed by atoms with Gasteiger partial charge < -0.3 is 6.74 Å². The number of rotatable bonds is 1. The van der Waals surface area contributed by atoms with Crippen molar-refractivity contribution in [1.82, 2.24) is 0 Å². The molecule has 1 aromatic rings. The van der Waals surface area contributed by atoms with Crippen molar-refractivity contribution in [3.05, 3.63) is 30.3 Å². The molecule has 1 rings (SSSR count). The maximum absolute atomic E-state index is 10.5. The third-order valence-corrected chi connectivity index (χ3v) is 1.09. The first kappa shape index (κ1) is 10.3. The number of anilines is 1. The van der Waals surface area contributed by atoms with E-state index in [0.717, 1.165) is 5.69 Å². The van der Waals surface area contributed by atoms with E-state index in [2.05, 4.69) is 5.32 Å². The van der Waals surface area contributed by atoms with Crippen LogP contribution in [-0.4, -0.2) is 5.91 Å². The molecule has 0 heterocycles. The van der Waals surface area contributed by atoms with Gasteiger partial charge in [0.2, 0.25) is 5.91 Å². The van der Waals surface area contributed by atoms with Gasteiger partial charge in [0.15, 0.2) is 0 Å². The summed E-state index contributed by atoms with van der Waals surface area (Å²) >= 11 is 0. The molecule has 11 heavy (non-hydrogen) atoms. The number of carbonyl (C=O) groups excluding carboxylic acids is 1. The van der Waals surface area contributed by atoms with Crippen molar-refractivity contribution in [2.24, 2.45) is 0 Å². The number of carbonyl (C=O) groups is 1. The first-order chi connectivity index (χ1) is 4.79. The van der Waals surface area contributed by atoms with Gasteiger partial charge in [-0.2, -0.15) is 0 Å². The molecule has 0 saturated carbocycles. The Morgan fingerprint density at radius 1 is 1.36 bits per heavy atom. The van der Waals surface area contributed by atoms with Crippen LogP contribution in [0, 0.1) is 0 Å². The molecule has 1 N–H and O–H groups in total. The van der Waals surface area contributed by atoms with Crippen molar-refractivity contribution in [3.63, 3.8) is 0 Å². The van der Waals surface area contributed by atoms with Crippen LogP contribution in [0.3, 0.4) is 0 Å². The maximum Gasteiger partial charge on any atom is 1.00 e. The van der Waals surface area contributed by atoms with Crippen LogP contribution in [0.2, 0.25) is 0 Å². The normalized spacial score (nSPS) is 8.09. The maximum atomic E-state index is 10.5. The van der Waals surface area contributed by atoms with Gasteiger partial charge in [-0.1, -0.05) is 18.2 Å². The topological polar surface area (TPSA) is 29.1 Å². The summed E-state index contributed by atoms with van der Waals surface area (Å²) in [5, 5.41) is 2.67. The van der Waals surface area contributed by atoms with Crippen molar-refractivity contribution < 1.29 is 25.1 Å². The SMILES string of the molecule is CC(=O)Nc1ccccc1.[H-].[Li+]. The average molecular weight is 143 g/mol. The number of para-hydroxylation sites is 1. The summed E-state index contributed by atoms with van der Waals surface area (Å²) in [7, 11) is 0. The van der Waals surface area contributed by atoms with Crippen molar-refractivity contribution >= 4 is 11.6 Å². The van der Waals surface area contributed by atoms with Crippen molar-refractivity contribution in [2.45, 2.75) is 6.92 Å². The van der Waals surface area contributed by atoms with Gasteiger partial charge in [-0.15, -0.1) is 0 Å². The number of nitrogens with one attached hydrogen (secondary N) is 1. The van der Waals surface area contributed by atoms with E-state index in [9.17, 15) is 4.79 Å². The largest absolute Gasteiger partial charge is 1.00 e. The number of amides is 1. The van der Waals surface area contributed by atoms with Crippen LogP contribution < -0.4 is 24.2 Å². The monoisotopic (exact) mass is 143 g/mol. The minimum Gasteiger partial charge on any atom is -1.00 e. The number of hydrogen-bond donors (Lipinski definition) is 1. The molecule has 0 saturated heterocycles. The van der Waals surface area contributed by atoms with Gasteiger partial charge in [0, 0.05) is 12.6 Å². The molecular weight excluding hydrogens is 133 g/mol. The molecule has 0 aliphatic carbocycles. The predicted molar refractivity (Wildman–Crippen MR) is 41.9 cm³/mol. The summed E-state index contributed by atoms with van der Waals surface area (Å²) in [4.78, 5) is 10.5. The van der Waals surface area contributed by atoms with Crippen LogP contribution in [0.1, 0.15) is 8.35 Å². The molecule has 3 heteroatoms. The zero-order chi connectivity index (χ0) is 7.40. The Morgan fingerprint density at radius 3 is 2.36 bits per heavy atom. The minimum absolute atomic E-state index is 0. The third kappa shape index (κ3) is 3.87. The summed E-state index contributed by atoms with van der Waals surface area (Å²) in [5.74, 6) is -0.0359. The second-order valence-corrected chi connectivity index (χ2v) is 2.05. The molecule has 0 bridgehead atoms. The molecule has 1 aromatic carbocycles. The van der Waals surface area contributed by atoms with Gasteiger partial charge in [0.25, 0.3) is 0 Å². The van der Waals surface area contributed by atoms with Crippen molar-refractivity contribution in [2.75, 3.05) is 5.32 Å². The fraction of sp³-hybridized carbons (Fsp3) is 0.125. The van der Waals surface area contributed by atoms with E-state index in [0.29, 0.717) is 0 Å². The Kier molecular flexibility index (Phi) is 4.68. The summed E-state index contributed by atoms with van der Waals surface area (Å²) in [6, 6.07) is 9.37. The van der Waals surface area contributed by atoms with Crippen LogP contribution in [0.25, 0.3) is 0 Å². The van der Waals surface area contributed by atoms with E-state index in [1.165, 1.54) is 6.92 Å². The Balaban J connectivity index is 0. The van der Waals surface area contributed by atoms with Crippen LogP contribution in [0.4, 0.5) is 5.69 Å². The Labute approximate surface area is 79.7 Å². The minimum atomic E-state index is -0.0359. The smallest absolute Gasteiger partial charge is 1.00 e. The fourth-order valence-electron chi connectivity index (χ4n) is 0.725. The molecule has 54 valence electrons. The van der Waals surface area contributed by atoms with E-state index in [1.54, 1.807) is 0 Å². The summed E-state index contributed by atoms with van der Waals surface area (Å²) in [6.07, 6.45) is 0. The summed E-state index contributed by atoms with van der Waals surface area (Å²) in [6.45, 7) is 1.49. The van der Waals surface area contributed by atoms with Crippen LogP contribution in [-0.2, 0) is 4.79 Å². The average Bonchev–Trinajstić information content (AvgIpc) is 1.88. The van der Waals surface area contributed by atoms with Gasteiger partial charge in [-0.3, -0.25) is 4.79 Å². The molecule has 2 nitrogen and oxygen atoms in total. The zero-order valence-electron chi connectivity index (χ0n) is 7.79. The Bertz CT molecular complexity index is 228. The molecule has 0 fully saturated rings. The molecule has 0 aromatic heterocycles. The van der Waals surface area contributed by atoms with E-state index >= 15 is 0 Å². The van der Waals surface area contributed by atoms with Gasteiger partial charge in [0.1, 0.15) is 0 Å². The van der Waals surface area contributed by atoms with E-state index in [-0.39, 0.29) is 26.2 Å². The molecule has 0 atom stereocenters. The first-order valence-electron chi connectivity index (χ1n) is 3.11. The van der Waals surface area contributed by atoms with Crippen LogP contribution in [0.5, 0.6) is 0 Å². The van der Waals surface area contributed by atoms with Gasteiger partial charge in [-0.05, 0) is 12.1 Å². The number of hydrogen-bond acceptors (Lipinski definition) is 1. The van der Waals surface area contributed by atoms with Gasteiger partial charge in [0.05, 0.1) is 0 Å². The molecular formula is C8H10LiNO. The molecule has 0 aliphatic rings. The molecule has 0 aliphatic heterocycles. The molecule has 0 spiro atoms. The Hall–Kier alpha value is -0.713. The van der Waals surface area contributed by atoms with E-state index < -0.39 is 0 Å². The van der Waals surface area contributed by atoms with E-state index in [1.807, 2.05) is 30.3 Å². The number of benzene rings is 1. The summed E-state index contributed by atoms with van der Waals surface area (Å²) in [5.41, 5.74) is 0.843. The Morgan fingerprint density at radius 2 is 1.91 bits per heavy atom. The second kappa shape index (κ2) is 5.01. The van der Waals surface area contributed by atoms with Crippen LogP contribution in [0.15, 0.2) is 30.3 Å². The van der Waals surface area contributed by atoms with Gasteiger partial charge >= 0.3 is 18.9 Å². The van der Waals surface area contributed by atoms with Gasteiger partial charge in [-0.25, -0.2) is 0 Å². The molecule has 0 radical (unpaired) electrons. The zero-order valence-corrected chi connectivity index (χ0v) is 6.79. The quantitative estimate of drug-likeness (QED) is 0.489. The van der Waals surface area contributed by atoms with E-state index in [4.69, 9.17) is 0 Å². The van der Waals surface area contributed by atoms with Crippen molar-refractivity contribution in [1.29, 1.82) is 0 Å².